The van der Waals surface area contributed by atoms with Gasteiger partial charge in [-0.05, 0) is 25.8 Å². The summed E-state index contributed by atoms with van der Waals surface area (Å²) in [5, 5.41) is 21.4. The summed E-state index contributed by atoms with van der Waals surface area (Å²) in [7, 11) is 0. The number of aliphatic hydroxyl groups is 1. The first-order valence-electron chi connectivity index (χ1n) is 8.33. The predicted octanol–water partition coefficient (Wildman–Crippen LogP) is 2.80. The Morgan fingerprint density at radius 1 is 1.36 bits per heavy atom. The van der Waals surface area contributed by atoms with Crippen molar-refractivity contribution >= 4 is 16.8 Å². The van der Waals surface area contributed by atoms with Crippen LogP contribution < -0.4 is 10.4 Å². The third-order valence-electron chi connectivity index (χ3n) is 4.41. The summed E-state index contributed by atoms with van der Waals surface area (Å²) < 4.78 is 11.1. The van der Waals surface area contributed by atoms with Crippen LogP contribution in [-0.4, -0.2) is 27.7 Å². The molecule has 2 heterocycles. The summed E-state index contributed by atoms with van der Waals surface area (Å²) in [4.78, 5) is 24.3. The van der Waals surface area contributed by atoms with Crippen LogP contribution in [0.1, 0.15) is 50.0 Å². The van der Waals surface area contributed by atoms with Crippen molar-refractivity contribution in [3.05, 3.63) is 33.7 Å². The van der Waals surface area contributed by atoms with E-state index in [-0.39, 0.29) is 41.4 Å². The number of phenolic OH excluding ortho intramolecular Hbond substituents is 1. The Hall–Kier alpha value is -2.34. The highest BCUT2D eigenvalue weighted by Crippen LogP contribution is 2.46. The fourth-order valence-electron chi connectivity index (χ4n) is 3.13. The van der Waals surface area contributed by atoms with Gasteiger partial charge in [0, 0.05) is 24.5 Å². The first-order chi connectivity index (χ1) is 11.6. The highest BCUT2D eigenvalue weighted by molar-refractivity contribution is 6.10. The topological polar surface area (TPSA) is 97.0 Å². The number of aromatic hydroxyl groups is 1. The van der Waals surface area contributed by atoms with Crippen LogP contribution in [0.2, 0.25) is 0 Å². The lowest BCUT2D eigenvalue weighted by Crippen LogP contribution is -2.39. The molecule has 1 aliphatic rings. The zero-order valence-corrected chi connectivity index (χ0v) is 14.8. The number of ether oxygens (including phenoxy) is 1. The van der Waals surface area contributed by atoms with E-state index in [2.05, 4.69) is 0 Å². The Morgan fingerprint density at radius 3 is 2.64 bits per heavy atom. The molecule has 25 heavy (non-hydrogen) atoms. The van der Waals surface area contributed by atoms with Gasteiger partial charge in [0.2, 0.25) is 0 Å². The van der Waals surface area contributed by atoms with Gasteiger partial charge >= 0.3 is 5.63 Å². The second-order valence-electron chi connectivity index (χ2n) is 7.51. The van der Waals surface area contributed by atoms with Gasteiger partial charge in [0.1, 0.15) is 23.2 Å². The fourth-order valence-corrected chi connectivity index (χ4v) is 3.13. The maximum Gasteiger partial charge on any atom is 0.336 e. The van der Waals surface area contributed by atoms with Crippen LogP contribution in [0.15, 0.2) is 21.3 Å². The predicted molar refractivity (Wildman–Crippen MR) is 92.4 cm³/mol. The first-order valence-corrected chi connectivity index (χ1v) is 8.33. The third-order valence-corrected chi connectivity index (χ3v) is 4.41. The molecule has 2 N–H and O–H groups in total. The Balaban J connectivity index is 2.27. The molecule has 0 saturated carbocycles. The Kier molecular flexibility index (Phi) is 4.11. The zero-order chi connectivity index (χ0) is 18.5. The first kappa shape index (κ1) is 17.5. The zero-order valence-electron chi connectivity index (χ0n) is 14.8. The summed E-state index contributed by atoms with van der Waals surface area (Å²) >= 11 is 0. The molecule has 1 atom stereocenters. The molecule has 6 nitrogen and oxygen atoms in total. The van der Waals surface area contributed by atoms with Crippen LogP contribution in [0.4, 0.5) is 0 Å². The van der Waals surface area contributed by atoms with E-state index >= 15 is 0 Å². The quantitative estimate of drug-likeness (QED) is 0.653. The molecule has 3 rings (SSSR count). The number of hydrogen-bond acceptors (Lipinski definition) is 6. The van der Waals surface area contributed by atoms with Crippen molar-refractivity contribution in [1.29, 1.82) is 0 Å². The summed E-state index contributed by atoms with van der Waals surface area (Å²) in [5.41, 5.74) is -1.23. The number of benzene rings is 1. The normalized spacial score (nSPS) is 17.0. The molecule has 1 unspecified atom stereocenters. The number of ketones is 1. The number of hydrogen-bond donors (Lipinski definition) is 2. The Morgan fingerprint density at radius 2 is 2.04 bits per heavy atom. The van der Waals surface area contributed by atoms with E-state index in [4.69, 9.17) is 9.15 Å². The maximum absolute atomic E-state index is 12.7. The van der Waals surface area contributed by atoms with Crippen molar-refractivity contribution in [2.75, 3.05) is 0 Å². The van der Waals surface area contributed by atoms with Gasteiger partial charge in [-0.2, -0.15) is 0 Å². The number of Topliss-reactive ketones (excluding diaryl/α,β-unsaturated/α-hetero) is 1. The number of phenols is 1. The molecular formula is C19H22O6. The largest absolute Gasteiger partial charge is 0.507 e. The van der Waals surface area contributed by atoms with E-state index < -0.39 is 17.3 Å². The van der Waals surface area contributed by atoms with Gasteiger partial charge in [0.15, 0.2) is 11.4 Å². The molecule has 2 aromatic rings. The molecule has 0 bridgehead atoms. The minimum atomic E-state index is -1.13. The molecule has 6 heteroatoms. The standard InChI is InChI=1S/C19H22O6/c1-9(2)7-12(20)15-16(22)11-8-13(19(3,4)23)24-17(11)10-5-6-14(21)25-18(10)15/h5-6,9,13,22-23H,7-8H2,1-4H3. The van der Waals surface area contributed by atoms with Crippen molar-refractivity contribution < 1.29 is 24.2 Å². The average Bonchev–Trinajstić information content (AvgIpc) is 2.92. The Bertz CT molecular complexity index is 901. The monoisotopic (exact) mass is 346 g/mol. The van der Waals surface area contributed by atoms with Crippen molar-refractivity contribution in [2.24, 2.45) is 5.92 Å². The van der Waals surface area contributed by atoms with Crippen molar-refractivity contribution in [1.82, 2.24) is 0 Å². The van der Waals surface area contributed by atoms with Gasteiger partial charge in [-0.15, -0.1) is 0 Å². The van der Waals surface area contributed by atoms with Crippen LogP contribution in [0, 0.1) is 5.92 Å². The van der Waals surface area contributed by atoms with E-state index in [0.717, 1.165) is 0 Å². The van der Waals surface area contributed by atoms with E-state index in [1.54, 1.807) is 13.8 Å². The highest BCUT2D eigenvalue weighted by Gasteiger charge is 2.39. The smallest absolute Gasteiger partial charge is 0.336 e. The molecule has 1 aliphatic heterocycles. The summed E-state index contributed by atoms with van der Waals surface area (Å²) in [6.45, 7) is 7.03. The SMILES string of the molecule is CC(C)CC(=O)c1c(O)c2c(c3ccc(=O)oc13)OC(C(C)(C)O)C2. The van der Waals surface area contributed by atoms with E-state index in [1.165, 1.54) is 12.1 Å². The second kappa shape index (κ2) is 5.88. The van der Waals surface area contributed by atoms with Crippen LogP contribution in [0.25, 0.3) is 11.0 Å². The lowest BCUT2D eigenvalue weighted by Gasteiger charge is -2.24. The number of fused-ring (bicyclic) bond motifs is 3. The molecule has 0 spiro atoms. The van der Waals surface area contributed by atoms with E-state index in [9.17, 15) is 19.8 Å². The fraction of sp³-hybridized carbons (Fsp3) is 0.474. The molecule has 0 saturated heterocycles. The van der Waals surface area contributed by atoms with E-state index in [1.807, 2.05) is 13.8 Å². The lowest BCUT2D eigenvalue weighted by molar-refractivity contribution is -0.0225. The number of carbonyl (C=O) groups excluding carboxylic acids is 1. The van der Waals surface area contributed by atoms with E-state index in [0.29, 0.717) is 16.7 Å². The molecular weight excluding hydrogens is 324 g/mol. The molecule has 1 aromatic carbocycles. The van der Waals surface area contributed by atoms with Gasteiger partial charge in [0.05, 0.1) is 11.0 Å². The number of rotatable bonds is 4. The average molecular weight is 346 g/mol. The lowest BCUT2D eigenvalue weighted by atomic mass is 9.92. The second-order valence-corrected chi connectivity index (χ2v) is 7.51. The van der Waals surface area contributed by atoms with Crippen LogP contribution in [0.3, 0.4) is 0 Å². The highest BCUT2D eigenvalue weighted by atomic mass is 16.5. The molecule has 0 radical (unpaired) electrons. The molecule has 0 amide bonds. The van der Waals surface area contributed by atoms with Gasteiger partial charge in [-0.3, -0.25) is 4.79 Å². The maximum atomic E-state index is 12.7. The third kappa shape index (κ3) is 3.02. The summed E-state index contributed by atoms with van der Waals surface area (Å²) in [6.07, 6.45) is -0.0867. The minimum Gasteiger partial charge on any atom is -0.507 e. The van der Waals surface area contributed by atoms with Crippen molar-refractivity contribution in [2.45, 2.75) is 52.2 Å². The van der Waals surface area contributed by atoms with Gasteiger partial charge in [-0.25, -0.2) is 4.79 Å². The Labute approximate surface area is 145 Å². The molecule has 0 fully saturated rings. The van der Waals surface area contributed by atoms with Crippen molar-refractivity contribution in [3.63, 3.8) is 0 Å². The summed E-state index contributed by atoms with van der Waals surface area (Å²) in [5.74, 6) is -0.0777. The minimum absolute atomic E-state index is 0.0140. The van der Waals surface area contributed by atoms with Gasteiger partial charge in [-0.1, -0.05) is 13.8 Å². The van der Waals surface area contributed by atoms with Gasteiger partial charge < -0.3 is 19.4 Å². The van der Waals surface area contributed by atoms with Crippen LogP contribution in [-0.2, 0) is 6.42 Å². The molecule has 1 aromatic heterocycles. The molecule has 134 valence electrons. The van der Waals surface area contributed by atoms with Crippen molar-refractivity contribution in [3.8, 4) is 11.5 Å². The van der Waals surface area contributed by atoms with Crippen LogP contribution >= 0.6 is 0 Å². The number of carbonyl (C=O) groups is 1. The van der Waals surface area contributed by atoms with Gasteiger partial charge in [0.25, 0.3) is 0 Å². The molecule has 0 aliphatic carbocycles. The summed E-state index contributed by atoms with van der Waals surface area (Å²) in [6, 6.07) is 2.77. The van der Waals surface area contributed by atoms with Crippen LogP contribution in [0.5, 0.6) is 11.5 Å².